The lowest BCUT2D eigenvalue weighted by atomic mass is 10.0. The highest BCUT2D eigenvalue weighted by Gasteiger charge is 2.15. The summed E-state index contributed by atoms with van der Waals surface area (Å²) < 4.78 is 5.23. The van der Waals surface area contributed by atoms with E-state index < -0.39 is 0 Å². The second-order valence-corrected chi connectivity index (χ2v) is 7.43. The van der Waals surface area contributed by atoms with Gasteiger partial charge in [0.2, 0.25) is 0 Å². The number of fused-ring (bicyclic) bond motifs is 1. The normalized spacial score (nSPS) is 10.8. The molecule has 6 nitrogen and oxygen atoms in total. The number of aryl methyl sites for hydroxylation is 2. The molecule has 4 aromatic rings. The topological polar surface area (TPSA) is 84.1 Å². The first-order valence-electron chi connectivity index (χ1n) is 9.98. The Labute approximate surface area is 179 Å². The van der Waals surface area contributed by atoms with Gasteiger partial charge in [-0.05, 0) is 61.9 Å². The molecule has 0 saturated heterocycles. The molecular weight excluding hydrogens is 390 g/mol. The first-order valence-corrected chi connectivity index (χ1v) is 9.98. The molecule has 0 radical (unpaired) electrons. The van der Waals surface area contributed by atoms with Gasteiger partial charge in [-0.1, -0.05) is 18.2 Å². The molecule has 0 spiro atoms. The van der Waals surface area contributed by atoms with Crippen LogP contribution < -0.4 is 15.6 Å². The first kappa shape index (κ1) is 20.3. The van der Waals surface area contributed by atoms with Gasteiger partial charge >= 0.3 is 0 Å². The van der Waals surface area contributed by atoms with E-state index in [1.807, 2.05) is 68.4 Å². The monoisotopic (exact) mass is 413 g/mol. The number of rotatable bonds is 5. The third kappa shape index (κ3) is 4.19. The number of hydrogen-bond acceptors (Lipinski definition) is 4. The molecule has 1 amide bonds. The molecule has 31 heavy (non-hydrogen) atoms. The number of methoxy groups -OCH3 is 1. The molecule has 2 aromatic heterocycles. The summed E-state index contributed by atoms with van der Waals surface area (Å²) >= 11 is 0. The number of aromatic amines is 1. The predicted molar refractivity (Wildman–Crippen MR) is 121 cm³/mol. The van der Waals surface area contributed by atoms with Crippen LogP contribution in [0, 0.1) is 13.8 Å². The minimum Gasteiger partial charge on any atom is -0.497 e. The van der Waals surface area contributed by atoms with Crippen LogP contribution in [0.25, 0.3) is 22.2 Å². The van der Waals surface area contributed by atoms with Crippen LogP contribution in [0.15, 0.2) is 65.5 Å². The number of hydrogen-bond donors (Lipinski definition) is 2. The lowest BCUT2D eigenvalue weighted by molar-refractivity contribution is 0.0952. The molecule has 2 aromatic carbocycles. The van der Waals surface area contributed by atoms with E-state index in [1.54, 1.807) is 13.2 Å². The van der Waals surface area contributed by atoms with Crippen molar-refractivity contribution in [2.24, 2.45) is 0 Å². The predicted octanol–water partition coefficient (Wildman–Crippen LogP) is 4.15. The van der Waals surface area contributed by atoms with E-state index in [0.29, 0.717) is 16.8 Å². The minimum atomic E-state index is -0.257. The van der Waals surface area contributed by atoms with Gasteiger partial charge in [-0.2, -0.15) is 0 Å². The Morgan fingerprint density at radius 3 is 2.52 bits per heavy atom. The van der Waals surface area contributed by atoms with E-state index in [1.165, 1.54) is 0 Å². The Hall–Kier alpha value is -3.93. The van der Waals surface area contributed by atoms with Gasteiger partial charge < -0.3 is 15.0 Å². The van der Waals surface area contributed by atoms with Crippen LogP contribution >= 0.6 is 0 Å². The van der Waals surface area contributed by atoms with Gasteiger partial charge in [0.05, 0.1) is 23.9 Å². The maximum absolute atomic E-state index is 13.1. The van der Waals surface area contributed by atoms with Crippen LogP contribution in [0.5, 0.6) is 5.75 Å². The Bertz CT molecular complexity index is 1320. The highest BCUT2D eigenvalue weighted by molar-refractivity contribution is 6.07. The summed E-state index contributed by atoms with van der Waals surface area (Å²) in [7, 11) is 1.62. The van der Waals surface area contributed by atoms with Crippen molar-refractivity contribution in [1.82, 2.24) is 15.3 Å². The van der Waals surface area contributed by atoms with Crippen molar-refractivity contribution in [3.8, 4) is 17.0 Å². The number of aromatic nitrogens is 2. The Morgan fingerprint density at radius 2 is 1.81 bits per heavy atom. The number of nitrogens with zero attached hydrogens (tertiary/aromatic N) is 1. The summed E-state index contributed by atoms with van der Waals surface area (Å²) in [5.41, 5.74) is 4.82. The number of ether oxygens (including phenoxy) is 1. The summed E-state index contributed by atoms with van der Waals surface area (Å²) in [6.07, 6.45) is 0. The average Bonchev–Trinajstić information content (AvgIpc) is 2.77. The zero-order chi connectivity index (χ0) is 22.0. The SMILES string of the molecule is COc1ccc(-c2cc(C(=O)NCc3c(C)cc(C)[nH]c3=O)c3ccccc3n2)cc1. The van der Waals surface area contributed by atoms with Crippen LogP contribution in [0.3, 0.4) is 0 Å². The van der Waals surface area contributed by atoms with Crippen LogP contribution in [0.4, 0.5) is 0 Å². The van der Waals surface area contributed by atoms with E-state index in [9.17, 15) is 9.59 Å². The van der Waals surface area contributed by atoms with Gasteiger partial charge in [-0.3, -0.25) is 9.59 Å². The van der Waals surface area contributed by atoms with Gasteiger partial charge in [0.15, 0.2) is 0 Å². The van der Waals surface area contributed by atoms with Crippen LogP contribution in [0.2, 0.25) is 0 Å². The summed E-state index contributed by atoms with van der Waals surface area (Å²) in [5.74, 6) is 0.494. The number of H-pyrrole nitrogens is 1. The molecule has 0 unspecified atom stereocenters. The molecule has 0 fully saturated rings. The number of para-hydroxylation sites is 1. The molecular formula is C25H23N3O3. The van der Waals surface area contributed by atoms with Crippen LogP contribution in [-0.4, -0.2) is 23.0 Å². The fourth-order valence-electron chi connectivity index (χ4n) is 3.64. The third-order valence-corrected chi connectivity index (χ3v) is 5.27. The van der Waals surface area contributed by atoms with Crippen molar-refractivity contribution in [1.29, 1.82) is 0 Å². The lowest BCUT2D eigenvalue weighted by Gasteiger charge is -2.12. The smallest absolute Gasteiger partial charge is 0.253 e. The molecule has 2 heterocycles. The number of nitrogens with one attached hydrogen (secondary N) is 2. The summed E-state index contributed by atoms with van der Waals surface area (Å²) in [5, 5.41) is 3.66. The van der Waals surface area contributed by atoms with Gasteiger partial charge in [-0.15, -0.1) is 0 Å². The second-order valence-electron chi connectivity index (χ2n) is 7.43. The zero-order valence-corrected chi connectivity index (χ0v) is 17.7. The molecule has 0 aliphatic rings. The standard InChI is InChI=1S/C25H23N3O3/c1-15-12-16(2)27-25(30)21(15)14-26-24(29)20-13-23(17-8-10-18(31-3)11-9-17)28-22-7-5-4-6-19(20)22/h4-13H,14H2,1-3H3,(H,26,29)(H,27,30). The van der Waals surface area contributed by atoms with Gasteiger partial charge in [0.1, 0.15) is 5.75 Å². The highest BCUT2D eigenvalue weighted by atomic mass is 16.5. The van der Waals surface area contributed by atoms with Crippen molar-refractivity contribution in [3.05, 3.63) is 93.4 Å². The Kier molecular flexibility index (Phi) is 5.54. The Balaban J connectivity index is 1.70. The fraction of sp³-hybridized carbons (Fsp3) is 0.160. The van der Waals surface area contributed by atoms with Gasteiger partial charge in [-0.25, -0.2) is 4.98 Å². The van der Waals surface area contributed by atoms with E-state index in [4.69, 9.17) is 9.72 Å². The summed E-state index contributed by atoms with van der Waals surface area (Å²) in [4.78, 5) is 32.9. The maximum atomic E-state index is 13.1. The molecule has 4 rings (SSSR count). The number of pyridine rings is 2. The van der Waals surface area contributed by atoms with Gasteiger partial charge in [0, 0.05) is 28.8 Å². The number of carbonyl (C=O) groups excluding carboxylic acids is 1. The van der Waals surface area contributed by atoms with Crippen molar-refractivity contribution in [2.45, 2.75) is 20.4 Å². The molecule has 0 bridgehead atoms. The number of amides is 1. The van der Waals surface area contributed by atoms with Crippen molar-refractivity contribution >= 4 is 16.8 Å². The van der Waals surface area contributed by atoms with Crippen molar-refractivity contribution in [3.63, 3.8) is 0 Å². The maximum Gasteiger partial charge on any atom is 0.253 e. The molecule has 0 atom stereocenters. The summed E-state index contributed by atoms with van der Waals surface area (Å²) in [6, 6.07) is 18.7. The largest absolute Gasteiger partial charge is 0.497 e. The lowest BCUT2D eigenvalue weighted by Crippen LogP contribution is -2.28. The fourth-order valence-corrected chi connectivity index (χ4v) is 3.64. The minimum absolute atomic E-state index is 0.148. The zero-order valence-electron chi connectivity index (χ0n) is 17.7. The number of carbonyl (C=O) groups is 1. The molecule has 156 valence electrons. The average molecular weight is 413 g/mol. The van der Waals surface area contributed by atoms with Crippen molar-refractivity contribution < 1.29 is 9.53 Å². The molecule has 2 N–H and O–H groups in total. The Morgan fingerprint density at radius 1 is 1.06 bits per heavy atom. The highest BCUT2D eigenvalue weighted by Crippen LogP contribution is 2.26. The molecule has 6 heteroatoms. The molecule has 0 aliphatic carbocycles. The first-order chi connectivity index (χ1) is 15.0. The summed E-state index contributed by atoms with van der Waals surface area (Å²) in [6.45, 7) is 3.85. The number of benzene rings is 2. The van der Waals surface area contributed by atoms with E-state index in [0.717, 1.165) is 33.5 Å². The van der Waals surface area contributed by atoms with Crippen molar-refractivity contribution in [2.75, 3.05) is 7.11 Å². The molecule has 0 saturated carbocycles. The third-order valence-electron chi connectivity index (χ3n) is 5.27. The van der Waals surface area contributed by atoms with Crippen LogP contribution in [-0.2, 0) is 6.54 Å². The van der Waals surface area contributed by atoms with E-state index >= 15 is 0 Å². The second kappa shape index (κ2) is 8.44. The quantitative estimate of drug-likeness (QED) is 0.515. The van der Waals surface area contributed by atoms with Gasteiger partial charge in [0.25, 0.3) is 11.5 Å². The van der Waals surface area contributed by atoms with E-state index in [2.05, 4.69) is 10.3 Å². The van der Waals surface area contributed by atoms with E-state index in [-0.39, 0.29) is 18.0 Å². The molecule has 0 aliphatic heterocycles. The van der Waals surface area contributed by atoms with Crippen LogP contribution in [0.1, 0.15) is 27.2 Å².